The molecule has 1 aliphatic heterocycles. The lowest BCUT2D eigenvalue weighted by Crippen LogP contribution is -2.40. The van der Waals surface area contributed by atoms with E-state index in [0.29, 0.717) is 5.16 Å². The molecule has 2 heterocycles. The first-order valence-electron chi connectivity index (χ1n) is 9.46. The van der Waals surface area contributed by atoms with Crippen LogP contribution in [-0.2, 0) is 11.2 Å². The fourth-order valence-corrected chi connectivity index (χ4v) is 4.50. The van der Waals surface area contributed by atoms with Gasteiger partial charge in [0.2, 0.25) is 11.1 Å². The maximum absolute atomic E-state index is 13.2. The van der Waals surface area contributed by atoms with E-state index in [2.05, 4.69) is 34.6 Å². The van der Waals surface area contributed by atoms with Crippen molar-refractivity contribution in [1.82, 2.24) is 20.2 Å². The van der Waals surface area contributed by atoms with Gasteiger partial charge in [-0.2, -0.15) is 4.68 Å². The van der Waals surface area contributed by atoms with Gasteiger partial charge in [0.15, 0.2) is 0 Å². The summed E-state index contributed by atoms with van der Waals surface area (Å²) in [4.78, 5) is 15.1. The van der Waals surface area contributed by atoms with Crippen LogP contribution in [-0.4, -0.2) is 37.9 Å². The third-order valence-corrected chi connectivity index (χ3v) is 6.05. The van der Waals surface area contributed by atoms with E-state index in [1.54, 1.807) is 4.68 Å². The highest BCUT2D eigenvalue weighted by Gasteiger charge is 2.28. The zero-order valence-corrected chi connectivity index (χ0v) is 17.1. The molecule has 144 valence electrons. The van der Waals surface area contributed by atoms with Crippen LogP contribution in [0.3, 0.4) is 0 Å². The molecule has 0 fully saturated rings. The molecule has 0 saturated carbocycles. The van der Waals surface area contributed by atoms with Gasteiger partial charge in [-0.3, -0.25) is 4.79 Å². The number of benzene rings is 2. The summed E-state index contributed by atoms with van der Waals surface area (Å²) in [7, 11) is 0. The topological polar surface area (TPSA) is 63.9 Å². The molecule has 28 heavy (non-hydrogen) atoms. The Bertz CT molecular complexity index is 1020. The molecular weight excluding hydrogens is 370 g/mol. The number of thioether (sulfide) groups is 1. The average molecular weight is 394 g/mol. The number of para-hydroxylation sites is 1. The minimum Gasteiger partial charge on any atom is -0.311 e. The van der Waals surface area contributed by atoms with Crippen LogP contribution < -0.4 is 4.90 Å². The highest BCUT2D eigenvalue weighted by molar-refractivity contribution is 8.00. The van der Waals surface area contributed by atoms with Crippen molar-refractivity contribution in [1.29, 1.82) is 0 Å². The molecule has 3 aromatic rings. The Morgan fingerprint density at radius 3 is 2.79 bits per heavy atom. The smallest absolute Gasteiger partial charge is 0.240 e. The number of hydrogen-bond acceptors (Lipinski definition) is 5. The number of carbonyl (C=O) groups excluding carboxylic acids is 1. The highest BCUT2D eigenvalue weighted by Crippen LogP contribution is 2.31. The van der Waals surface area contributed by atoms with E-state index in [-0.39, 0.29) is 11.2 Å². The zero-order chi connectivity index (χ0) is 19.7. The molecule has 0 spiro atoms. The minimum absolute atomic E-state index is 0.0901. The summed E-state index contributed by atoms with van der Waals surface area (Å²) in [6.45, 7) is 6.77. The largest absolute Gasteiger partial charge is 0.311 e. The number of fused-ring (bicyclic) bond motifs is 1. The second kappa shape index (κ2) is 7.75. The predicted octanol–water partition coefficient (Wildman–Crippen LogP) is 3.74. The van der Waals surface area contributed by atoms with Crippen molar-refractivity contribution < 1.29 is 4.79 Å². The molecule has 0 bridgehead atoms. The number of aromatic nitrogens is 4. The van der Waals surface area contributed by atoms with Gasteiger partial charge in [0.25, 0.3) is 0 Å². The van der Waals surface area contributed by atoms with Crippen molar-refractivity contribution in [2.45, 2.75) is 44.0 Å². The molecule has 7 heteroatoms. The van der Waals surface area contributed by atoms with Gasteiger partial charge in [-0.15, -0.1) is 5.10 Å². The van der Waals surface area contributed by atoms with E-state index in [1.165, 1.54) is 22.9 Å². The summed E-state index contributed by atoms with van der Waals surface area (Å²) in [6.07, 6.45) is 2.01. The molecule has 2 aromatic carbocycles. The van der Waals surface area contributed by atoms with Gasteiger partial charge in [0, 0.05) is 12.2 Å². The van der Waals surface area contributed by atoms with E-state index < -0.39 is 0 Å². The summed E-state index contributed by atoms with van der Waals surface area (Å²) in [5.41, 5.74) is 5.48. The normalized spacial score (nSPS) is 14.6. The van der Waals surface area contributed by atoms with Gasteiger partial charge >= 0.3 is 0 Å². The summed E-state index contributed by atoms with van der Waals surface area (Å²) < 4.78 is 1.72. The van der Waals surface area contributed by atoms with Gasteiger partial charge in [0.1, 0.15) is 0 Å². The van der Waals surface area contributed by atoms with Crippen LogP contribution in [0.1, 0.15) is 30.0 Å². The molecule has 1 unspecified atom stereocenters. The Hall–Kier alpha value is -2.67. The average Bonchev–Trinajstić information content (AvgIpc) is 3.14. The van der Waals surface area contributed by atoms with Crippen molar-refractivity contribution >= 4 is 23.4 Å². The summed E-state index contributed by atoms with van der Waals surface area (Å²) in [5.74, 6) is 0.0901. The second-order valence-electron chi connectivity index (χ2n) is 7.15. The molecule has 0 aliphatic carbocycles. The fourth-order valence-electron chi connectivity index (χ4n) is 3.64. The SMILES string of the molecule is Cc1ccc(-n2nnnc2SC(C)C(=O)N2CCCc3ccccc32)c(C)c1. The van der Waals surface area contributed by atoms with E-state index in [0.717, 1.165) is 36.3 Å². The molecule has 6 nitrogen and oxygen atoms in total. The maximum Gasteiger partial charge on any atom is 0.240 e. The number of nitrogens with zero attached hydrogens (tertiary/aromatic N) is 5. The first-order valence-corrected chi connectivity index (χ1v) is 10.3. The Morgan fingerprint density at radius 2 is 1.96 bits per heavy atom. The van der Waals surface area contributed by atoms with Crippen molar-refractivity contribution in [3.63, 3.8) is 0 Å². The summed E-state index contributed by atoms with van der Waals surface area (Å²) >= 11 is 1.40. The maximum atomic E-state index is 13.2. The molecule has 0 N–H and O–H groups in total. The highest BCUT2D eigenvalue weighted by atomic mass is 32.2. The lowest BCUT2D eigenvalue weighted by atomic mass is 10.0. The van der Waals surface area contributed by atoms with Crippen LogP contribution in [0.15, 0.2) is 47.6 Å². The Morgan fingerprint density at radius 1 is 1.14 bits per heavy atom. The van der Waals surface area contributed by atoms with Crippen LogP contribution >= 0.6 is 11.8 Å². The lowest BCUT2D eigenvalue weighted by molar-refractivity contribution is -0.117. The number of hydrogen-bond donors (Lipinski definition) is 0. The van der Waals surface area contributed by atoms with Crippen molar-refractivity contribution in [3.8, 4) is 5.69 Å². The molecule has 0 saturated heterocycles. The second-order valence-corrected chi connectivity index (χ2v) is 8.45. The Labute approximate surface area is 168 Å². The first kappa shape index (κ1) is 18.7. The summed E-state index contributed by atoms with van der Waals surface area (Å²) in [5, 5.41) is 12.5. The van der Waals surface area contributed by atoms with E-state index >= 15 is 0 Å². The number of rotatable bonds is 4. The monoisotopic (exact) mass is 393 g/mol. The molecule has 0 radical (unpaired) electrons. The van der Waals surface area contributed by atoms with Crippen LogP contribution in [0, 0.1) is 13.8 Å². The molecular formula is C21H23N5OS. The van der Waals surface area contributed by atoms with Gasteiger partial charge in [-0.05, 0) is 67.3 Å². The minimum atomic E-state index is -0.290. The number of amides is 1. The van der Waals surface area contributed by atoms with Crippen LogP contribution in [0.2, 0.25) is 0 Å². The van der Waals surface area contributed by atoms with Gasteiger partial charge in [-0.25, -0.2) is 0 Å². The third-order valence-electron chi connectivity index (χ3n) is 5.03. The molecule has 1 atom stereocenters. The molecule has 1 aliphatic rings. The van der Waals surface area contributed by atoms with Crippen molar-refractivity contribution in [2.75, 3.05) is 11.4 Å². The number of tetrazole rings is 1. The molecule has 1 aromatic heterocycles. The molecule has 4 rings (SSSR count). The standard InChI is InChI=1S/C21H23N5OS/c1-14-10-11-18(15(2)13-14)26-21(22-23-24-26)28-16(3)20(27)25-12-6-8-17-7-4-5-9-19(17)25/h4-5,7,9-11,13,16H,6,8,12H2,1-3H3. The fraction of sp³-hybridized carbons (Fsp3) is 0.333. The summed E-state index contributed by atoms with van der Waals surface area (Å²) in [6, 6.07) is 14.3. The van der Waals surface area contributed by atoms with Crippen molar-refractivity contribution in [3.05, 3.63) is 59.2 Å². The number of carbonyl (C=O) groups is 1. The zero-order valence-electron chi connectivity index (χ0n) is 16.3. The van der Waals surface area contributed by atoms with Gasteiger partial charge in [-0.1, -0.05) is 47.7 Å². The first-order chi connectivity index (χ1) is 13.5. The lowest BCUT2D eigenvalue weighted by Gasteiger charge is -2.31. The van der Waals surface area contributed by atoms with E-state index in [1.807, 2.05) is 49.1 Å². The Kier molecular flexibility index (Phi) is 5.17. The van der Waals surface area contributed by atoms with Crippen molar-refractivity contribution in [2.24, 2.45) is 0 Å². The van der Waals surface area contributed by atoms with E-state index in [4.69, 9.17) is 0 Å². The third kappa shape index (κ3) is 3.54. The van der Waals surface area contributed by atoms with Gasteiger partial charge < -0.3 is 4.90 Å². The molecule has 1 amide bonds. The number of anilines is 1. The van der Waals surface area contributed by atoms with Gasteiger partial charge in [0.05, 0.1) is 10.9 Å². The van der Waals surface area contributed by atoms with Crippen LogP contribution in [0.5, 0.6) is 0 Å². The Balaban J connectivity index is 1.56. The van der Waals surface area contributed by atoms with E-state index in [9.17, 15) is 4.79 Å². The van der Waals surface area contributed by atoms with Crippen LogP contribution in [0.4, 0.5) is 5.69 Å². The number of aryl methyl sites for hydroxylation is 3. The van der Waals surface area contributed by atoms with Crippen LogP contribution in [0.25, 0.3) is 5.69 Å². The quantitative estimate of drug-likeness (QED) is 0.632. The predicted molar refractivity (Wildman–Crippen MR) is 111 cm³/mol.